The summed E-state index contributed by atoms with van der Waals surface area (Å²) in [5, 5.41) is 12.1. The highest BCUT2D eigenvalue weighted by atomic mass is 16.5. The lowest BCUT2D eigenvalue weighted by Crippen LogP contribution is -2.43. The number of allylic oxidation sites excluding steroid dienone is 2. The Balaban J connectivity index is 1.96. The SMILES string of the molecule is C/C=C/C1CCN(C)[C@H]([C@H](O)c2ccnc3ccc(OC)cc23)C1. The summed E-state index contributed by atoms with van der Waals surface area (Å²) in [5.41, 5.74) is 1.81. The van der Waals surface area contributed by atoms with Crippen LogP contribution in [-0.4, -0.2) is 41.7 Å². The van der Waals surface area contributed by atoms with Gasteiger partial charge in [0.2, 0.25) is 0 Å². The predicted molar refractivity (Wildman–Crippen MR) is 97.2 cm³/mol. The highest BCUT2D eigenvalue weighted by molar-refractivity contribution is 5.83. The zero-order chi connectivity index (χ0) is 17.1. The first-order valence-corrected chi connectivity index (χ1v) is 8.57. The third kappa shape index (κ3) is 3.30. The molecule has 0 amide bonds. The summed E-state index contributed by atoms with van der Waals surface area (Å²) >= 11 is 0. The van der Waals surface area contributed by atoms with Gasteiger partial charge in [-0.1, -0.05) is 12.2 Å². The predicted octanol–water partition coefficient (Wildman–Crippen LogP) is 3.56. The van der Waals surface area contributed by atoms with Crippen molar-refractivity contribution in [3.8, 4) is 5.75 Å². The van der Waals surface area contributed by atoms with E-state index < -0.39 is 6.10 Å². The quantitative estimate of drug-likeness (QED) is 0.873. The Bertz CT molecular complexity index is 729. The van der Waals surface area contributed by atoms with Crippen molar-refractivity contribution in [1.29, 1.82) is 0 Å². The molecule has 1 aromatic heterocycles. The molecule has 0 saturated carbocycles. The number of methoxy groups -OCH3 is 1. The van der Waals surface area contributed by atoms with Crippen LogP contribution in [0.4, 0.5) is 0 Å². The van der Waals surface area contributed by atoms with Gasteiger partial charge in [-0.05, 0) is 69.1 Å². The number of likely N-dealkylation sites (tertiary alicyclic amines) is 1. The van der Waals surface area contributed by atoms with Crippen LogP contribution in [0.3, 0.4) is 0 Å². The number of rotatable bonds is 4. The summed E-state index contributed by atoms with van der Waals surface area (Å²) in [6.07, 6.45) is 7.73. The molecular formula is C20H26N2O2. The summed E-state index contributed by atoms with van der Waals surface area (Å²) in [6.45, 7) is 3.06. The number of ether oxygens (including phenoxy) is 1. The molecule has 0 radical (unpaired) electrons. The van der Waals surface area contributed by atoms with Crippen LogP contribution in [0.25, 0.3) is 10.9 Å². The van der Waals surface area contributed by atoms with Crippen molar-refractivity contribution in [2.45, 2.75) is 31.9 Å². The van der Waals surface area contributed by atoms with Crippen LogP contribution in [-0.2, 0) is 0 Å². The molecule has 2 heterocycles. The van der Waals surface area contributed by atoms with Crippen LogP contribution in [0, 0.1) is 5.92 Å². The van der Waals surface area contributed by atoms with Crippen molar-refractivity contribution in [1.82, 2.24) is 9.88 Å². The molecule has 1 aromatic carbocycles. The van der Waals surface area contributed by atoms with E-state index in [2.05, 4.69) is 36.0 Å². The molecule has 2 aromatic rings. The van der Waals surface area contributed by atoms with E-state index in [0.717, 1.165) is 41.6 Å². The summed E-state index contributed by atoms with van der Waals surface area (Å²) in [5.74, 6) is 1.32. The molecular weight excluding hydrogens is 300 g/mol. The third-order valence-electron chi connectivity index (χ3n) is 5.09. The average molecular weight is 326 g/mol. The zero-order valence-corrected chi connectivity index (χ0v) is 14.6. The van der Waals surface area contributed by atoms with Crippen molar-refractivity contribution in [3.63, 3.8) is 0 Å². The van der Waals surface area contributed by atoms with Crippen molar-refractivity contribution >= 4 is 10.9 Å². The average Bonchev–Trinajstić information content (AvgIpc) is 2.62. The Morgan fingerprint density at radius 1 is 1.38 bits per heavy atom. The van der Waals surface area contributed by atoms with Gasteiger partial charge < -0.3 is 14.7 Å². The summed E-state index contributed by atoms with van der Waals surface area (Å²) in [6, 6.07) is 7.85. The number of likely N-dealkylation sites (N-methyl/N-ethyl adjacent to an activating group) is 1. The van der Waals surface area contributed by atoms with E-state index in [1.807, 2.05) is 24.3 Å². The molecule has 0 bridgehead atoms. The first kappa shape index (κ1) is 16.9. The standard InChI is InChI=1S/C20H26N2O2/c1-4-5-14-9-11-22(2)19(12-14)20(23)16-8-10-21-18-7-6-15(24-3)13-17(16)18/h4-8,10,13-14,19-20,23H,9,11-12H2,1-3H3/b5-4+/t14?,19-,20+/m0/s1. The largest absolute Gasteiger partial charge is 0.497 e. The van der Waals surface area contributed by atoms with E-state index in [1.54, 1.807) is 13.3 Å². The summed E-state index contributed by atoms with van der Waals surface area (Å²) in [7, 11) is 3.76. The number of nitrogens with zero attached hydrogens (tertiary/aromatic N) is 2. The van der Waals surface area contributed by atoms with Gasteiger partial charge in [0, 0.05) is 17.6 Å². The lowest BCUT2D eigenvalue weighted by molar-refractivity contribution is 0.0304. The molecule has 128 valence electrons. The van der Waals surface area contributed by atoms with Crippen LogP contribution in [0.1, 0.15) is 31.4 Å². The first-order valence-electron chi connectivity index (χ1n) is 8.57. The van der Waals surface area contributed by atoms with E-state index >= 15 is 0 Å². The van der Waals surface area contributed by atoms with E-state index in [4.69, 9.17) is 4.74 Å². The highest BCUT2D eigenvalue weighted by Gasteiger charge is 2.31. The molecule has 1 aliphatic rings. The number of hydrogen-bond acceptors (Lipinski definition) is 4. The fourth-order valence-corrected chi connectivity index (χ4v) is 3.70. The second-order valence-corrected chi connectivity index (χ2v) is 6.59. The number of piperidine rings is 1. The third-order valence-corrected chi connectivity index (χ3v) is 5.09. The van der Waals surface area contributed by atoms with Gasteiger partial charge in [0.25, 0.3) is 0 Å². The second kappa shape index (κ2) is 7.32. The van der Waals surface area contributed by atoms with E-state index in [1.165, 1.54) is 0 Å². The number of aliphatic hydroxyl groups excluding tert-OH is 1. The summed E-state index contributed by atoms with van der Waals surface area (Å²) < 4.78 is 5.34. The highest BCUT2D eigenvalue weighted by Crippen LogP contribution is 2.34. The van der Waals surface area contributed by atoms with Gasteiger partial charge in [0.1, 0.15) is 5.75 Å². The molecule has 4 heteroatoms. The van der Waals surface area contributed by atoms with Gasteiger partial charge in [-0.3, -0.25) is 4.98 Å². The van der Waals surface area contributed by atoms with E-state index in [-0.39, 0.29) is 6.04 Å². The van der Waals surface area contributed by atoms with Crippen molar-refractivity contribution in [3.05, 3.63) is 48.2 Å². The molecule has 1 N–H and O–H groups in total. The van der Waals surface area contributed by atoms with Gasteiger partial charge in [0.15, 0.2) is 0 Å². The van der Waals surface area contributed by atoms with Crippen LogP contribution in [0.15, 0.2) is 42.6 Å². The van der Waals surface area contributed by atoms with E-state index in [0.29, 0.717) is 5.92 Å². The Kier molecular flexibility index (Phi) is 5.17. The number of aliphatic hydroxyl groups is 1. The fraction of sp³-hybridized carbons (Fsp3) is 0.450. The lowest BCUT2D eigenvalue weighted by atomic mass is 9.85. The molecule has 1 aliphatic heterocycles. The molecule has 3 rings (SSSR count). The zero-order valence-electron chi connectivity index (χ0n) is 14.6. The van der Waals surface area contributed by atoms with Gasteiger partial charge in [-0.25, -0.2) is 0 Å². The molecule has 3 atom stereocenters. The minimum absolute atomic E-state index is 0.108. The van der Waals surface area contributed by atoms with Crippen molar-refractivity contribution in [2.24, 2.45) is 5.92 Å². The van der Waals surface area contributed by atoms with Crippen LogP contribution < -0.4 is 4.74 Å². The monoisotopic (exact) mass is 326 g/mol. The normalized spacial score (nSPS) is 23.7. The molecule has 1 fully saturated rings. The molecule has 0 spiro atoms. The van der Waals surface area contributed by atoms with Gasteiger partial charge in [-0.2, -0.15) is 0 Å². The van der Waals surface area contributed by atoms with Gasteiger partial charge >= 0.3 is 0 Å². The minimum atomic E-state index is -0.541. The van der Waals surface area contributed by atoms with Gasteiger partial charge in [-0.15, -0.1) is 0 Å². The Morgan fingerprint density at radius 2 is 2.21 bits per heavy atom. The summed E-state index contributed by atoms with van der Waals surface area (Å²) in [4.78, 5) is 6.69. The lowest BCUT2D eigenvalue weighted by Gasteiger charge is -2.39. The fourth-order valence-electron chi connectivity index (χ4n) is 3.70. The van der Waals surface area contributed by atoms with Crippen LogP contribution in [0.5, 0.6) is 5.75 Å². The number of aromatic nitrogens is 1. The Morgan fingerprint density at radius 3 is 2.96 bits per heavy atom. The number of benzene rings is 1. The molecule has 4 nitrogen and oxygen atoms in total. The molecule has 0 aliphatic carbocycles. The Labute approximate surface area is 143 Å². The number of pyridine rings is 1. The molecule has 24 heavy (non-hydrogen) atoms. The molecule has 1 saturated heterocycles. The maximum Gasteiger partial charge on any atom is 0.119 e. The number of fused-ring (bicyclic) bond motifs is 1. The topological polar surface area (TPSA) is 45.6 Å². The van der Waals surface area contributed by atoms with Crippen molar-refractivity contribution in [2.75, 3.05) is 20.7 Å². The van der Waals surface area contributed by atoms with Crippen molar-refractivity contribution < 1.29 is 9.84 Å². The minimum Gasteiger partial charge on any atom is -0.497 e. The number of hydrogen-bond donors (Lipinski definition) is 1. The maximum atomic E-state index is 11.1. The van der Waals surface area contributed by atoms with Crippen LogP contribution >= 0.6 is 0 Å². The molecule has 1 unspecified atom stereocenters. The maximum absolute atomic E-state index is 11.1. The second-order valence-electron chi connectivity index (χ2n) is 6.59. The Hall–Kier alpha value is -1.91. The van der Waals surface area contributed by atoms with Gasteiger partial charge in [0.05, 0.1) is 18.7 Å². The smallest absolute Gasteiger partial charge is 0.119 e. The first-order chi connectivity index (χ1) is 11.6. The van der Waals surface area contributed by atoms with E-state index in [9.17, 15) is 5.11 Å². The van der Waals surface area contributed by atoms with Crippen LogP contribution in [0.2, 0.25) is 0 Å².